The minimum atomic E-state index is 0.239. The SMILES string of the molecule is C=CCNC(=S)NN=C1C2C[NH+]3CC[NH+](C2)CC1(C)C3. The van der Waals surface area contributed by atoms with Gasteiger partial charge in [-0.3, -0.25) is 5.43 Å². The van der Waals surface area contributed by atoms with Crippen LogP contribution in [0.15, 0.2) is 17.8 Å². The van der Waals surface area contributed by atoms with Crippen LogP contribution in [0.2, 0.25) is 0 Å². The number of fused-ring (bicyclic) bond motifs is 1. The van der Waals surface area contributed by atoms with E-state index in [1.165, 1.54) is 45.0 Å². The smallest absolute Gasteiger partial charge is 0.187 e. The highest BCUT2D eigenvalue weighted by Crippen LogP contribution is 2.26. The Kier molecular flexibility index (Phi) is 3.79. The van der Waals surface area contributed by atoms with Gasteiger partial charge in [0.25, 0.3) is 0 Å². The molecule has 0 amide bonds. The molecule has 4 bridgehead atoms. The molecule has 4 aliphatic heterocycles. The Hall–Kier alpha value is -0.980. The van der Waals surface area contributed by atoms with Crippen LogP contribution in [0.1, 0.15) is 6.92 Å². The summed E-state index contributed by atoms with van der Waals surface area (Å²) < 4.78 is 0. The van der Waals surface area contributed by atoms with E-state index in [1.807, 2.05) is 0 Å². The molecular weight excluding hydrogens is 270 g/mol. The average molecular weight is 295 g/mol. The van der Waals surface area contributed by atoms with Crippen molar-refractivity contribution in [1.29, 1.82) is 0 Å². The lowest BCUT2D eigenvalue weighted by molar-refractivity contribution is -0.918. The van der Waals surface area contributed by atoms with Gasteiger partial charge in [0.1, 0.15) is 18.5 Å². The van der Waals surface area contributed by atoms with Gasteiger partial charge in [-0.25, -0.2) is 0 Å². The maximum atomic E-state index is 5.23. The maximum Gasteiger partial charge on any atom is 0.187 e. The van der Waals surface area contributed by atoms with Crippen molar-refractivity contribution >= 4 is 23.0 Å². The molecule has 0 radical (unpaired) electrons. The number of rotatable bonds is 3. The number of hydrogen-bond acceptors (Lipinski definition) is 2. The minimum Gasteiger partial charge on any atom is -0.358 e. The van der Waals surface area contributed by atoms with Gasteiger partial charge in [0.15, 0.2) is 5.11 Å². The van der Waals surface area contributed by atoms with E-state index in [-0.39, 0.29) is 5.41 Å². The fraction of sp³-hybridized carbons (Fsp3) is 0.714. The molecule has 0 spiro atoms. The summed E-state index contributed by atoms with van der Waals surface area (Å²) in [5, 5.41) is 8.35. The number of hydrazone groups is 1. The molecule has 0 saturated carbocycles. The summed E-state index contributed by atoms with van der Waals surface area (Å²) in [5.41, 5.74) is 4.61. The fourth-order valence-electron chi connectivity index (χ4n) is 4.22. The molecule has 0 aromatic carbocycles. The molecule has 0 aromatic heterocycles. The Bertz CT molecular complexity index is 431. The van der Waals surface area contributed by atoms with E-state index in [9.17, 15) is 0 Å². The molecule has 20 heavy (non-hydrogen) atoms. The van der Waals surface area contributed by atoms with Crippen LogP contribution in [0.5, 0.6) is 0 Å². The van der Waals surface area contributed by atoms with Crippen LogP contribution in [0, 0.1) is 11.3 Å². The van der Waals surface area contributed by atoms with E-state index in [4.69, 9.17) is 17.3 Å². The predicted molar refractivity (Wildman–Crippen MR) is 84.1 cm³/mol. The molecule has 2 unspecified atom stereocenters. The van der Waals surface area contributed by atoms with E-state index >= 15 is 0 Å². The summed E-state index contributed by atoms with van der Waals surface area (Å²) in [5.74, 6) is 0.615. The topological polar surface area (TPSA) is 45.3 Å². The van der Waals surface area contributed by atoms with Crippen molar-refractivity contribution in [2.45, 2.75) is 6.92 Å². The second kappa shape index (κ2) is 5.42. The maximum absolute atomic E-state index is 5.23. The number of quaternary nitrogens is 2. The van der Waals surface area contributed by atoms with Gasteiger partial charge in [0.05, 0.1) is 37.8 Å². The first kappa shape index (κ1) is 14.0. The molecule has 4 heterocycles. The Labute approximate surface area is 126 Å². The summed E-state index contributed by atoms with van der Waals surface area (Å²) in [7, 11) is 0. The third kappa shape index (κ3) is 2.60. The average Bonchev–Trinajstić information content (AvgIpc) is 2.63. The van der Waals surface area contributed by atoms with E-state index < -0.39 is 0 Å². The Morgan fingerprint density at radius 1 is 1.45 bits per heavy atom. The Morgan fingerprint density at radius 3 is 2.65 bits per heavy atom. The molecule has 4 saturated heterocycles. The molecule has 110 valence electrons. The first-order chi connectivity index (χ1) is 9.60. The van der Waals surface area contributed by atoms with Crippen molar-refractivity contribution in [3.63, 3.8) is 0 Å². The zero-order valence-corrected chi connectivity index (χ0v) is 13.0. The summed E-state index contributed by atoms with van der Waals surface area (Å²) in [6.45, 7) is 14.3. The third-order valence-corrected chi connectivity index (χ3v) is 5.11. The molecule has 4 fully saturated rings. The van der Waals surface area contributed by atoms with Crippen molar-refractivity contribution in [1.82, 2.24) is 10.7 Å². The lowest BCUT2D eigenvalue weighted by atomic mass is 9.72. The van der Waals surface area contributed by atoms with Gasteiger partial charge in [-0.2, -0.15) is 5.10 Å². The first-order valence-electron chi connectivity index (χ1n) is 7.50. The van der Waals surface area contributed by atoms with Gasteiger partial charge in [0, 0.05) is 6.54 Å². The quantitative estimate of drug-likeness (QED) is 0.263. The van der Waals surface area contributed by atoms with Gasteiger partial charge in [-0.15, -0.1) is 6.58 Å². The van der Waals surface area contributed by atoms with Crippen LogP contribution >= 0.6 is 12.2 Å². The number of piperidine rings is 2. The van der Waals surface area contributed by atoms with E-state index in [2.05, 4.69) is 24.2 Å². The number of nitrogens with zero attached hydrogens (tertiary/aromatic N) is 1. The molecule has 4 aliphatic rings. The van der Waals surface area contributed by atoms with E-state index in [0.29, 0.717) is 17.6 Å². The molecule has 5 nitrogen and oxygen atoms in total. The Morgan fingerprint density at radius 2 is 2.10 bits per heavy atom. The number of hydrogen-bond donors (Lipinski definition) is 4. The predicted octanol–water partition coefficient (Wildman–Crippen LogP) is -2.57. The van der Waals surface area contributed by atoms with Crippen LogP contribution < -0.4 is 20.5 Å². The Balaban J connectivity index is 1.73. The van der Waals surface area contributed by atoms with Crippen molar-refractivity contribution in [3.05, 3.63) is 12.7 Å². The van der Waals surface area contributed by atoms with Gasteiger partial charge in [-0.05, 0) is 19.1 Å². The third-order valence-electron chi connectivity index (χ3n) is 4.87. The van der Waals surface area contributed by atoms with Crippen molar-refractivity contribution < 1.29 is 9.80 Å². The van der Waals surface area contributed by atoms with Crippen LogP contribution in [0.3, 0.4) is 0 Å². The normalized spacial score (nSPS) is 40.5. The second-order valence-electron chi connectivity index (χ2n) is 6.63. The molecule has 2 atom stereocenters. The van der Waals surface area contributed by atoms with Crippen molar-refractivity contribution in [2.75, 3.05) is 45.8 Å². The van der Waals surface area contributed by atoms with Crippen LogP contribution in [0.4, 0.5) is 0 Å². The van der Waals surface area contributed by atoms with Gasteiger partial charge >= 0.3 is 0 Å². The monoisotopic (exact) mass is 295 g/mol. The van der Waals surface area contributed by atoms with Crippen LogP contribution in [-0.4, -0.2) is 56.6 Å². The first-order valence-corrected chi connectivity index (χ1v) is 7.91. The molecular formula is C14H25N5S+2. The van der Waals surface area contributed by atoms with Gasteiger partial charge < -0.3 is 15.1 Å². The highest BCUT2D eigenvalue weighted by Gasteiger charge is 2.54. The van der Waals surface area contributed by atoms with Crippen LogP contribution in [0.25, 0.3) is 0 Å². The highest BCUT2D eigenvalue weighted by atomic mass is 32.1. The van der Waals surface area contributed by atoms with Crippen molar-refractivity contribution in [2.24, 2.45) is 16.4 Å². The highest BCUT2D eigenvalue weighted by molar-refractivity contribution is 7.80. The zero-order chi connectivity index (χ0) is 14.2. The van der Waals surface area contributed by atoms with E-state index in [0.717, 1.165) is 0 Å². The largest absolute Gasteiger partial charge is 0.358 e. The van der Waals surface area contributed by atoms with E-state index in [1.54, 1.807) is 15.9 Å². The summed E-state index contributed by atoms with van der Waals surface area (Å²) in [6, 6.07) is 0. The summed E-state index contributed by atoms with van der Waals surface area (Å²) in [6.07, 6.45) is 1.79. The van der Waals surface area contributed by atoms with Gasteiger partial charge in [-0.1, -0.05) is 6.08 Å². The number of thiocarbonyl (C=S) groups is 1. The molecule has 4 rings (SSSR count). The summed E-state index contributed by atoms with van der Waals surface area (Å²) >= 11 is 5.23. The lowest BCUT2D eigenvalue weighted by Crippen LogP contribution is -3.16. The van der Waals surface area contributed by atoms with Gasteiger partial charge in [0.2, 0.25) is 0 Å². The number of nitrogens with one attached hydrogen (secondary N) is 4. The molecule has 6 heteroatoms. The standard InChI is InChI=1S/C14H23N5S/c1-3-4-15-13(20)17-16-12-11-7-18-5-6-19(8-11)10-14(12,2)9-18/h3,11H,1,4-10H2,2H3,(H2,15,17,20)/p+2. The lowest BCUT2D eigenvalue weighted by Gasteiger charge is -2.44. The van der Waals surface area contributed by atoms with Crippen molar-refractivity contribution in [3.8, 4) is 0 Å². The molecule has 0 aliphatic carbocycles. The molecule has 0 aromatic rings. The van der Waals surface area contributed by atoms with Crippen LogP contribution in [-0.2, 0) is 0 Å². The zero-order valence-electron chi connectivity index (χ0n) is 12.2. The molecule has 4 N–H and O–H groups in total. The summed E-state index contributed by atoms with van der Waals surface area (Å²) in [4.78, 5) is 3.52. The minimum absolute atomic E-state index is 0.239. The second-order valence-corrected chi connectivity index (χ2v) is 7.04. The fourth-order valence-corrected chi connectivity index (χ4v) is 4.35.